The summed E-state index contributed by atoms with van der Waals surface area (Å²) in [6.07, 6.45) is -4.57. The van der Waals surface area contributed by atoms with E-state index >= 15 is 28.8 Å². The molecule has 5 aliphatic rings. The minimum atomic E-state index is -4.82. The molecule has 2 N–H and O–H groups in total. The third-order valence-corrected chi connectivity index (χ3v) is 22.5. The maximum Gasteiger partial charge on any atom is 0.417 e. The zero-order chi connectivity index (χ0) is 78.3. The zero-order valence-electron chi connectivity index (χ0n) is 62.6. The van der Waals surface area contributed by atoms with Crippen molar-refractivity contribution in [1.82, 2.24) is 59.6 Å². The van der Waals surface area contributed by atoms with Crippen molar-refractivity contribution >= 4 is 82.5 Å². The average molecular weight is 1500 g/mol. The predicted molar refractivity (Wildman–Crippen MR) is 377 cm³/mol. The van der Waals surface area contributed by atoms with Gasteiger partial charge < -0.3 is 59.6 Å². The Morgan fingerprint density at radius 1 is 0.638 bits per heavy atom. The molecule has 580 valence electrons. The van der Waals surface area contributed by atoms with E-state index in [2.05, 4.69) is 10.6 Å². The van der Waals surface area contributed by atoms with Crippen molar-refractivity contribution in [3.63, 3.8) is 0 Å². The minimum absolute atomic E-state index is 0.0162. The third kappa shape index (κ3) is 19.1. The molecule has 2 saturated carbocycles. The van der Waals surface area contributed by atoms with Crippen molar-refractivity contribution in [1.29, 1.82) is 0 Å². The fourth-order valence-electron chi connectivity index (χ4n) is 14.7. The summed E-state index contributed by atoms with van der Waals surface area (Å²) in [4.78, 5) is 192. The van der Waals surface area contributed by atoms with Gasteiger partial charge in [0.15, 0.2) is 0 Å². The fraction of sp³-hybridized carbons (Fsp3) is 0.649. The van der Waals surface area contributed by atoms with Gasteiger partial charge in [0.1, 0.15) is 53.9 Å². The molecule has 7 rings (SSSR count). The molecule has 2 bridgehead atoms. The van der Waals surface area contributed by atoms with E-state index in [1.807, 2.05) is 0 Å². The van der Waals surface area contributed by atoms with Gasteiger partial charge >= 0.3 is 12.4 Å². The van der Waals surface area contributed by atoms with Crippen molar-refractivity contribution in [3.8, 4) is 0 Å². The summed E-state index contributed by atoms with van der Waals surface area (Å²) in [6.45, 7) is 7.14. The molecule has 2 spiro atoms. The number of carbonyl (C=O) groups is 12. The van der Waals surface area contributed by atoms with E-state index < -0.39 is 196 Å². The van der Waals surface area contributed by atoms with E-state index in [1.165, 1.54) is 87.9 Å². The van der Waals surface area contributed by atoms with Crippen LogP contribution in [0.1, 0.15) is 147 Å². The van der Waals surface area contributed by atoms with E-state index in [-0.39, 0.29) is 75.6 Å². The first kappa shape index (κ1) is 84.0. The number of amides is 12. The highest BCUT2D eigenvalue weighted by atomic mass is 35.5. The number of nitrogens with zero attached hydrogens (tertiary/aromatic N) is 10. The highest BCUT2D eigenvalue weighted by Crippen LogP contribution is 2.56. The van der Waals surface area contributed by atoms with Crippen LogP contribution in [0.2, 0.25) is 5.02 Å². The van der Waals surface area contributed by atoms with Crippen LogP contribution in [0.15, 0.2) is 54.6 Å². The van der Waals surface area contributed by atoms with Crippen LogP contribution in [-0.2, 0) is 82.7 Å². The largest absolute Gasteiger partial charge is 0.417 e. The second-order valence-electron chi connectivity index (χ2n) is 29.6. The lowest BCUT2D eigenvalue weighted by Crippen LogP contribution is -2.68. The van der Waals surface area contributed by atoms with Crippen LogP contribution < -0.4 is 10.6 Å². The molecule has 31 heteroatoms. The lowest BCUT2D eigenvalue weighted by atomic mass is 9.73. The van der Waals surface area contributed by atoms with Crippen molar-refractivity contribution in [2.45, 2.75) is 204 Å². The Labute approximate surface area is 615 Å². The lowest BCUT2D eigenvalue weighted by Gasteiger charge is -2.51. The van der Waals surface area contributed by atoms with Crippen LogP contribution in [0.25, 0.3) is 0 Å². The first-order valence-electron chi connectivity index (χ1n) is 36.0. The van der Waals surface area contributed by atoms with Gasteiger partial charge in [-0.3, -0.25) is 57.5 Å². The summed E-state index contributed by atoms with van der Waals surface area (Å²) in [7, 11) is 12.3. The molecule has 12 amide bonds. The van der Waals surface area contributed by atoms with E-state index in [1.54, 1.807) is 46.8 Å². The van der Waals surface area contributed by atoms with E-state index in [9.17, 15) is 55.1 Å². The molecule has 3 aliphatic heterocycles. The van der Waals surface area contributed by atoms with Gasteiger partial charge in [-0.2, -0.15) is 26.3 Å². The molecule has 2 aliphatic carbocycles. The maximum atomic E-state index is 15.6. The van der Waals surface area contributed by atoms with Gasteiger partial charge in [0.05, 0.1) is 35.7 Å². The Hall–Kier alpha value is -8.31. The van der Waals surface area contributed by atoms with Gasteiger partial charge in [-0.25, -0.2) is 0 Å². The number of aryl methyl sites for hydroxylation is 1. The highest BCUT2D eigenvalue weighted by molar-refractivity contribution is 6.31. The molecule has 2 aromatic carbocycles. The van der Waals surface area contributed by atoms with E-state index in [0.717, 1.165) is 67.0 Å². The van der Waals surface area contributed by atoms with Gasteiger partial charge in [-0.05, 0) is 123 Å². The van der Waals surface area contributed by atoms with Crippen LogP contribution in [0.3, 0.4) is 0 Å². The van der Waals surface area contributed by atoms with Crippen molar-refractivity contribution in [2.24, 2.45) is 17.3 Å². The van der Waals surface area contributed by atoms with Gasteiger partial charge in [0.2, 0.25) is 70.9 Å². The molecule has 2 aromatic rings. The molecular weight excluding hydrogens is 1400 g/mol. The quantitative estimate of drug-likeness (QED) is 0.172. The number of likely N-dealkylation sites (N-methyl/N-ethyl adjacent to an activating group) is 8. The number of fused-ring (bicyclic) bond motifs is 3. The normalized spacial score (nSPS) is 26.1. The third-order valence-electron chi connectivity index (χ3n) is 22.2. The number of benzene rings is 2. The van der Waals surface area contributed by atoms with Gasteiger partial charge in [-0.1, -0.05) is 95.8 Å². The summed E-state index contributed by atoms with van der Waals surface area (Å²) < 4.78 is 83.8. The molecule has 2 saturated heterocycles. The molecule has 10 atom stereocenters. The zero-order valence-corrected chi connectivity index (χ0v) is 63.4. The number of alkyl halides is 6. The van der Waals surface area contributed by atoms with Gasteiger partial charge in [-0.15, -0.1) is 0 Å². The maximum absolute atomic E-state index is 15.6. The molecule has 24 nitrogen and oxygen atoms in total. The number of hydrogen-bond acceptors (Lipinski definition) is 12. The average Bonchev–Trinajstić information content (AvgIpc) is 1.64. The highest BCUT2D eigenvalue weighted by Gasteiger charge is 2.60. The van der Waals surface area contributed by atoms with Crippen molar-refractivity contribution in [3.05, 3.63) is 81.9 Å². The van der Waals surface area contributed by atoms with Crippen molar-refractivity contribution < 1.29 is 83.9 Å². The monoisotopic (exact) mass is 1500 g/mol. The fourth-order valence-corrected chi connectivity index (χ4v) is 15.0. The number of hydrogen-bond donors (Lipinski definition) is 2. The molecule has 0 aromatic heterocycles. The summed E-state index contributed by atoms with van der Waals surface area (Å²) in [5.41, 5.74) is -3.88. The first-order valence-corrected chi connectivity index (χ1v) is 36.4. The summed E-state index contributed by atoms with van der Waals surface area (Å²) in [5, 5.41) is 4.91. The minimum Gasteiger partial charge on any atom is -0.347 e. The molecular formula is C74H103ClF6N12O12. The smallest absolute Gasteiger partial charge is 0.347 e. The molecule has 3 heterocycles. The summed E-state index contributed by atoms with van der Waals surface area (Å²) in [6, 6.07) is -4.19. The number of rotatable bonds is 12. The van der Waals surface area contributed by atoms with Gasteiger partial charge in [0, 0.05) is 82.9 Å². The van der Waals surface area contributed by atoms with Crippen LogP contribution in [-0.4, -0.2) is 263 Å². The Bertz CT molecular complexity index is 3610. The SMILES string of the molecule is CCC[C@H]1C(=O)N[C@@H]([C@@H](C)CC)C(=O)N(C)CC(=O)N(C)[C@H]2C/C=C\CCN(C2=O)[C@@H](Cc2ccc(C(F)(F)F)cc2)C(=O)N(C)CC(=O)N[C@@H](CCc2ccc(C(F)(F)F)c(Cl)c2)C(=O)N2CC3(CC3)C[C@H]2C(=O)N(C)C2(CCC2)C(=O)N(C)[C@@H]([C@@H](C)CC)C(=O)N(C)[C@H](C(=O)N(C)C)CC(=O)N1C. The molecule has 4 fully saturated rings. The lowest BCUT2D eigenvalue weighted by molar-refractivity contribution is -0.166. The van der Waals surface area contributed by atoms with E-state index in [0.29, 0.717) is 38.5 Å². The van der Waals surface area contributed by atoms with Crippen LogP contribution >= 0.6 is 11.6 Å². The second-order valence-corrected chi connectivity index (χ2v) is 30.0. The van der Waals surface area contributed by atoms with Crippen LogP contribution in [0.5, 0.6) is 0 Å². The number of nitrogens with one attached hydrogen (secondary N) is 2. The Morgan fingerprint density at radius 3 is 1.81 bits per heavy atom. The van der Waals surface area contributed by atoms with Crippen LogP contribution in [0.4, 0.5) is 26.3 Å². The molecule has 105 heavy (non-hydrogen) atoms. The van der Waals surface area contributed by atoms with Crippen LogP contribution in [0, 0.1) is 17.3 Å². The van der Waals surface area contributed by atoms with Gasteiger partial charge in [0.25, 0.3) is 0 Å². The molecule has 0 radical (unpaired) electrons. The summed E-state index contributed by atoms with van der Waals surface area (Å²) in [5.74, 6) is -10.2. The van der Waals surface area contributed by atoms with Crippen molar-refractivity contribution in [2.75, 3.05) is 89.6 Å². The Kier molecular flexibility index (Phi) is 27.6. The molecule has 0 unspecified atom stereocenters. The topological polar surface area (TPSA) is 261 Å². The first-order chi connectivity index (χ1) is 49.1. The summed E-state index contributed by atoms with van der Waals surface area (Å²) >= 11 is 6.18. The number of halogens is 7. The Balaban J connectivity index is 1.34. The van der Waals surface area contributed by atoms with E-state index in [4.69, 9.17) is 11.6 Å². The Morgan fingerprint density at radius 2 is 1.26 bits per heavy atom. The predicted octanol–water partition coefficient (Wildman–Crippen LogP) is 6.44. The number of carbonyl (C=O) groups excluding carboxylic acids is 12. The second kappa shape index (κ2) is 34.5. The standard InChI is InChI=1S/C74H103ClF6N12O12/c1-15-22-52-62(97)83-60(44(4)16-2)68(103)86(9)42-59(96)88(11)53-23-19-18-20-36-92(67(53)102)55(38-47-24-28-48(29-25-47)73(76,77)78)65(100)85(8)41-57(94)82-51(31-27-46-26-30-49(50(75)37-46)74(79,80)81)63(98)93-43-71(34-35-71)40-56(93)66(101)91(14)72(32-21-33-72)70(105)90(13)61(45(5)17-3)69(104)89(12)54(64(99)84(6)7)39-58(95)87(52)10/h18-19,24-26,28-30,37,44-45,51-56,60-61H,15-17,20-23,27,31-36,38-43H2,1-14H3,(H,82,94)(H,83,97)/b19-18-/t44-,45-,51-,52-,53-,54-,55-,56-,60-,61-/m0/s1.